The van der Waals surface area contributed by atoms with Crippen LogP contribution in [0.25, 0.3) is 0 Å². The molecule has 4 saturated carbocycles. The quantitative estimate of drug-likeness (QED) is 0.426. The second-order valence-corrected chi connectivity index (χ2v) is 17.3. The topological polar surface area (TPSA) is 0 Å². The fourth-order valence-corrected chi connectivity index (χ4v) is 7.20. The number of hydrogen-bond donors (Lipinski definition) is 0. The van der Waals surface area contributed by atoms with Crippen molar-refractivity contribution in [1.29, 1.82) is 0 Å². The van der Waals surface area contributed by atoms with Gasteiger partial charge < -0.3 is 0 Å². The van der Waals surface area contributed by atoms with Crippen LogP contribution in [-0.2, 0) is 11.8 Å². The maximum atomic E-state index is 5.99. The van der Waals surface area contributed by atoms with E-state index in [0.29, 0.717) is 11.5 Å². The minimum Gasteiger partial charge on any atom is -0.126 e. The molecule has 4 fully saturated rings. The van der Waals surface area contributed by atoms with E-state index in [1.54, 1.807) is 5.56 Å². The van der Waals surface area contributed by atoms with E-state index in [-0.39, 0.29) is 0 Å². The van der Waals surface area contributed by atoms with Crippen LogP contribution in [0.15, 0.2) is 24.3 Å². The van der Waals surface area contributed by atoms with Crippen molar-refractivity contribution in [2.24, 2.45) is 17.8 Å². The van der Waals surface area contributed by atoms with Gasteiger partial charge in [-0.15, -0.1) is 33.2 Å². The number of aryl methyl sites for hydroxylation is 1. The largest absolute Gasteiger partial charge is 0.341 e. The first kappa shape index (κ1) is 15.8. The van der Waals surface area contributed by atoms with E-state index < -0.39 is 6.00 Å². The minimum atomic E-state index is -2.49. The second-order valence-electron chi connectivity index (χ2n) is 8.01. The molecule has 0 nitrogen and oxygen atoms in total. The van der Waals surface area contributed by atoms with Crippen LogP contribution in [0.5, 0.6) is 0 Å². The zero-order valence-corrected chi connectivity index (χ0v) is 16.1. The van der Waals surface area contributed by atoms with Gasteiger partial charge in [0, 0.05) is 0 Å². The smallest absolute Gasteiger partial charge is 0.126 e. The lowest BCUT2D eigenvalue weighted by atomic mass is 9.48. The van der Waals surface area contributed by atoms with Gasteiger partial charge in [-0.1, -0.05) is 24.3 Å². The number of benzene rings is 1. The van der Waals surface area contributed by atoms with E-state index in [2.05, 4.69) is 24.3 Å². The molecule has 4 heteroatoms. The fourth-order valence-electron chi connectivity index (χ4n) is 5.78. The molecule has 0 amide bonds. The van der Waals surface area contributed by atoms with Gasteiger partial charge in [-0.3, -0.25) is 0 Å². The van der Waals surface area contributed by atoms with E-state index in [9.17, 15) is 0 Å². The zero-order chi connectivity index (χ0) is 15.4. The SMILES string of the molecule is Cl[Si](Cl)(Cl)CCc1ccc(C23CC4CC(CC(C4)C2)C3)cc1. The van der Waals surface area contributed by atoms with Gasteiger partial charge in [-0.05, 0) is 85.3 Å². The molecular formula is C18H23Cl3Si. The van der Waals surface area contributed by atoms with Crippen molar-refractivity contribution in [2.75, 3.05) is 0 Å². The van der Waals surface area contributed by atoms with E-state index in [0.717, 1.165) is 24.2 Å². The first-order chi connectivity index (χ1) is 10.4. The summed E-state index contributed by atoms with van der Waals surface area (Å²) in [5, 5.41) is 0. The minimum absolute atomic E-state index is 0.497. The molecule has 0 atom stereocenters. The molecule has 4 bridgehead atoms. The van der Waals surface area contributed by atoms with E-state index in [1.165, 1.54) is 44.1 Å². The Labute approximate surface area is 148 Å². The maximum absolute atomic E-state index is 5.99. The van der Waals surface area contributed by atoms with Gasteiger partial charge in [0.25, 0.3) is 0 Å². The van der Waals surface area contributed by atoms with Crippen LogP contribution in [0.2, 0.25) is 6.04 Å². The summed E-state index contributed by atoms with van der Waals surface area (Å²) in [6.45, 7) is 0. The molecule has 0 N–H and O–H groups in total. The Bertz CT molecular complexity index is 511. The Morgan fingerprint density at radius 1 is 0.864 bits per heavy atom. The van der Waals surface area contributed by atoms with E-state index in [4.69, 9.17) is 33.2 Å². The van der Waals surface area contributed by atoms with Crippen molar-refractivity contribution >= 4 is 39.2 Å². The Kier molecular flexibility index (Phi) is 4.09. The molecule has 0 aromatic heterocycles. The molecule has 1 aromatic rings. The first-order valence-electron chi connectivity index (χ1n) is 8.58. The molecule has 4 aliphatic rings. The van der Waals surface area contributed by atoms with E-state index >= 15 is 0 Å². The number of rotatable bonds is 4. The predicted octanol–water partition coefficient (Wildman–Crippen LogP) is 6.35. The summed E-state index contributed by atoms with van der Waals surface area (Å²) in [7, 11) is 0. The van der Waals surface area contributed by atoms with E-state index in [1.807, 2.05) is 0 Å². The summed E-state index contributed by atoms with van der Waals surface area (Å²) >= 11 is 18.0. The molecule has 4 aliphatic carbocycles. The Hall–Kier alpha value is 0.307. The standard InChI is InChI=1S/C18H23Cl3Si/c19-22(20,21)6-5-13-1-3-17(4-2-13)18-10-14-7-15(11-18)9-16(8-14)12-18/h1-4,14-16H,5-12H2. The predicted molar refractivity (Wildman–Crippen MR) is 98.1 cm³/mol. The van der Waals surface area contributed by atoms with Gasteiger partial charge in [0.2, 0.25) is 0 Å². The summed E-state index contributed by atoms with van der Waals surface area (Å²) < 4.78 is 0. The summed E-state index contributed by atoms with van der Waals surface area (Å²) in [6, 6.07) is 7.53. The highest BCUT2D eigenvalue weighted by Gasteiger charge is 2.51. The molecule has 1 aromatic carbocycles. The zero-order valence-electron chi connectivity index (χ0n) is 12.8. The Balaban J connectivity index is 1.51. The lowest BCUT2D eigenvalue weighted by Crippen LogP contribution is -2.48. The molecule has 120 valence electrons. The van der Waals surface area contributed by atoms with Crippen LogP contribution < -0.4 is 0 Å². The summed E-state index contributed by atoms with van der Waals surface area (Å²) in [5.74, 6) is 3.00. The van der Waals surface area contributed by atoms with Crippen molar-refractivity contribution in [2.45, 2.75) is 56.4 Å². The number of halogens is 3. The second kappa shape index (κ2) is 5.69. The average Bonchev–Trinajstić information content (AvgIpc) is 2.43. The molecule has 5 rings (SSSR count). The van der Waals surface area contributed by atoms with Crippen LogP contribution in [0.1, 0.15) is 49.7 Å². The summed E-state index contributed by atoms with van der Waals surface area (Å²) in [4.78, 5) is 0. The van der Waals surface area contributed by atoms with Crippen molar-refractivity contribution in [1.82, 2.24) is 0 Å². The first-order valence-corrected chi connectivity index (χ1v) is 13.8. The van der Waals surface area contributed by atoms with Gasteiger partial charge in [0.05, 0.1) is 0 Å². The van der Waals surface area contributed by atoms with Gasteiger partial charge in [-0.25, -0.2) is 0 Å². The van der Waals surface area contributed by atoms with Gasteiger partial charge >= 0.3 is 6.00 Å². The molecule has 22 heavy (non-hydrogen) atoms. The Morgan fingerprint density at radius 2 is 1.36 bits per heavy atom. The fraction of sp³-hybridized carbons (Fsp3) is 0.667. The number of hydrogen-bond acceptors (Lipinski definition) is 0. The molecular weight excluding hydrogens is 351 g/mol. The average molecular weight is 374 g/mol. The highest BCUT2D eigenvalue weighted by atomic mass is 35.8. The molecule has 0 spiro atoms. The van der Waals surface area contributed by atoms with Crippen LogP contribution in [-0.4, -0.2) is 6.00 Å². The third kappa shape index (κ3) is 3.11. The van der Waals surface area contributed by atoms with Crippen molar-refractivity contribution in [3.63, 3.8) is 0 Å². The molecule has 0 saturated heterocycles. The summed E-state index contributed by atoms with van der Waals surface area (Å²) in [6.07, 6.45) is 9.70. The summed E-state index contributed by atoms with van der Waals surface area (Å²) in [5.41, 5.74) is 3.39. The highest BCUT2D eigenvalue weighted by Crippen LogP contribution is 2.60. The lowest BCUT2D eigenvalue weighted by molar-refractivity contribution is -0.00519. The third-order valence-electron chi connectivity index (χ3n) is 6.30. The van der Waals surface area contributed by atoms with Crippen molar-refractivity contribution in [3.8, 4) is 0 Å². The van der Waals surface area contributed by atoms with Crippen LogP contribution in [0, 0.1) is 17.8 Å². The normalized spacial score (nSPS) is 36.8. The van der Waals surface area contributed by atoms with Crippen molar-refractivity contribution < 1.29 is 0 Å². The van der Waals surface area contributed by atoms with Crippen LogP contribution in [0.3, 0.4) is 0 Å². The molecule has 0 heterocycles. The van der Waals surface area contributed by atoms with Gasteiger partial charge in [0.15, 0.2) is 0 Å². The maximum Gasteiger partial charge on any atom is 0.341 e. The highest BCUT2D eigenvalue weighted by molar-refractivity contribution is 7.64. The molecule has 0 unspecified atom stereocenters. The van der Waals surface area contributed by atoms with Crippen LogP contribution >= 0.6 is 33.2 Å². The monoisotopic (exact) mass is 372 g/mol. The van der Waals surface area contributed by atoms with Crippen LogP contribution in [0.4, 0.5) is 0 Å². The molecule has 0 aliphatic heterocycles. The van der Waals surface area contributed by atoms with Gasteiger partial charge in [0.1, 0.15) is 0 Å². The Morgan fingerprint density at radius 3 is 1.82 bits per heavy atom. The van der Waals surface area contributed by atoms with Gasteiger partial charge in [-0.2, -0.15) is 0 Å². The lowest BCUT2D eigenvalue weighted by Gasteiger charge is -2.57. The van der Waals surface area contributed by atoms with Crippen molar-refractivity contribution in [3.05, 3.63) is 35.4 Å². The third-order valence-corrected chi connectivity index (χ3v) is 8.82. The molecule has 0 radical (unpaired) electrons.